The van der Waals surface area contributed by atoms with Gasteiger partial charge in [-0.05, 0) is 12.8 Å². The molecule has 1 saturated heterocycles. The van der Waals surface area contributed by atoms with E-state index in [1.54, 1.807) is 0 Å². The van der Waals surface area contributed by atoms with Crippen molar-refractivity contribution < 1.29 is 15.3 Å². The minimum absolute atomic E-state index is 0.0197. The van der Waals surface area contributed by atoms with Gasteiger partial charge in [0.15, 0.2) is 0 Å². The molecule has 4 nitrogen and oxygen atoms in total. The van der Waals surface area contributed by atoms with Crippen LogP contribution >= 0.6 is 0 Å². The van der Waals surface area contributed by atoms with Crippen LogP contribution in [0.5, 0.6) is 0 Å². The van der Waals surface area contributed by atoms with Crippen molar-refractivity contribution in [2.45, 2.75) is 25.3 Å². The van der Waals surface area contributed by atoms with E-state index in [0.29, 0.717) is 19.4 Å². The van der Waals surface area contributed by atoms with E-state index in [2.05, 4.69) is 0 Å². The highest BCUT2D eigenvalue weighted by Crippen LogP contribution is 2.19. The van der Waals surface area contributed by atoms with Crippen LogP contribution in [0.25, 0.3) is 0 Å². The molecule has 10 heavy (non-hydrogen) atoms. The quantitative estimate of drug-likeness (QED) is 0.455. The Morgan fingerprint density at radius 3 is 2.10 bits per heavy atom. The van der Waals surface area contributed by atoms with Crippen molar-refractivity contribution in [3.63, 3.8) is 0 Å². The number of aliphatic hydroxyl groups is 3. The van der Waals surface area contributed by atoms with Gasteiger partial charge in [-0.15, -0.1) is 0 Å². The Hall–Kier alpha value is -0.160. The molecule has 2 unspecified atom stereocenters. The van der Waals surface area contributed by atoms with E-state index < -0.39 is 12.5 Å². The summed E-state index contributed by atoms with van der Waals surface area (Å²) in [5, 5.41) is 26.8. The molecule has 4 heteroatoms. The minimum atomic E-state index is -0.567. The second-order valence-corrected chi connectivity index (χ2v) is 2.50. The normalized spacial score (nSPS) is 35.1. The van der Waals surface area contributed by atoms with Gasteiger partial charge in [-0.2, -0.15) is 0 Å². The lowest BCUT2D eigenvalue weighted by molar-refractivity contribution is -0.0594. The van der Waals surface area contributed by atoms with Crippen molar-refractivity contribution in [1.29, 1.82) is 0 Å². The molecule has 0 aliphatic carbocycles. The third-order valence-electron chi connectivity index (χ3n) is 1.81. The summed E-state index contributed by atoms with van der Waals surface area (Å²) in [7, 11) is 0. The Labute approximate surface area is 59.7 Å². The van der Waals surface area contributed by atoms with E-state index in [9.17, 15) is 0 Å². The predicted octanol–water partition coefficient (Wildman–Crippen LogP) is -1.29. The van der Waals surface area contributed by atoms with Crippen molar-refractivity contribution in [3.05, 3.63) is 0 Å². The van der Waals surface area contributed by atoms with Gasteiger partial charge < -0.3 is 15.3 Å². The summed E-state index contributed by atoms with van der Waals surface area (Å²) in [5.74, 6) is 0. The lowest BCUT2D eigenvalue weighted by Gasteiger charge is -2.21. The summed E-state index contributed by atoms with van der Waals surface area (Å²) >= 11 is 0. The number of nitrogens with zero attached hydrogens (tertiary/aromatic N) is 1. The van der Waals surface area contributed by atoms with Gasteiger partial charge in [0.25, 0.3) is 0 Å². The monoisotopic (exact) mass is 147 g/mol. The second-order valence-electron chi connectivity index (χ2n) is 2.50. The van der Waals surface area contributed by atoms with Crippen molar-refractivity contribution in [3.8, 4) is 0 Å². The van der Waals surface area contributed by atoms with Crippen LogP contribution < -0.4 is 0 Å². The highest BCUT2D eigenvalue weighted by molar-refractivity contribution is 4.73. The van der Waals surface area contributed by atoms with Crippen LogP contribution in [-0.4, -0.2) is 45.8 Å². The maximum absolute atomic E-state index is 9.15. The van der Waals surface area contributed by atoms with E-state index >= 15 is 0 Å². The summed E-state index contributed by atoms with van der Waals surface area (Å²) < 4.78 is 0. The molecule has 3 N–H and O–H groups in total. The van der Waals surface area contributed by atoms with Crippen LogP contribution in [0.15, 0.2) is 0 Å². The molecule has 2 atom stereocenters. The summed E-state index contributed by atoms with van der Waals surface area (Å²) in [6.45, 7) is 0.330. The molecule has 0 aromatic carbocycles. The maximum atomic E-state index is 9.15. The molecule has 0 spiro atoms. The Kier molecular flexibility index (Phi) is 2.62. The summed E-state index contributed by atoms with van der Waals surface area (Å²) in [5.41, 5.74) is 0. The molecule has 0 aromatic heterocycles. The first-order chi connectivity index (χ1) is 4.75. The predicted molar refractivity (Wildman–Crippen MR) is 35.0 cm³/mol. The zero-order valence-corrected chi connectivity index (χ0v) is 5.77. The van der Waals surface area contributed by atoms with Gasteiger partial charge in [0.1, 0.15) is 12.5 Å². The first-order valence-electron chi connectivity index (χ1n) is 3.48. The van der Waals surface area contributed by atoms with Crippen molar-refractivity contribution >= 4 is 0 Å². The van der Waals surface area contributed by atoms with Crippen LogP contribution in [-0.2, 0) is 0 Å². The minimum Gasteiger partial charge on any atom is -0.395 e. The molecule has 0 bridgehead atoms. The number of β-amino-alcohol motifs (C(OH)–C–C–N with tert-alkyl or cyclic N) is 1. The maximum Gasteiger partial charge on any atom is 0.109 e. The third kappa shape index (κ3) is 1.46. The van der Waals surface area contributed by atoms with Gasteiger partial charge in [-0.3, -0.25) is 4.90 Å². The number of rotatable bonds is 2. The highest BCUT2D eigenvalue weighted by atomic mass is 16.3. The molecule has 0 amide bonds. The second kappa shape index (κ2) is 3.30. The number of aliphatic hydroxyl groups excluding tert-OH is 3. The van der Waals surface area contributed by atoms with Gasteiger partial charge in [0, 0.05) is 6.54 Å². The van der Waals surface area contributed by atoms with Crippen molar-refractivity contribution in [2.75, 3.05) is 13.2 Å². The van der Waals surface area contributed by atoms with Gasteiger partial charge in [-0.25, -0.2) is 0 Å². The average molecular weight is 147 g/mol. The SMILES string of the molecule is OCCN1C(O)CCC1O. The van der Waals surface area contributed by atoms with Crippen LogP contribution in [0.2, 0.25) is 0 Å². The molecule has 1 fully saturated rings. The molecule has 0 saturated carbocycles. The Bertz CT molecular complexity index is 99.2. The number of likely N-dealkylation sites (tertiary alicyclic amines) is 1. The molecule has 1 aliphatic heterocycles. The smallest absolute Gasteiger partial charge is 0.109 e. The number of hydrogen-bond donors (Lipinski definition) is 3. The third-order valence-corrected chi connectivity index (χ3v) is 1.81. The fourth-order valence-electron chi connectivity index (χ4n) is 1.24. The van der Waals surface area contributed by atoms with Crippen LogP contribution in [0.4, 0.5) is 0 Å². The van der Waals surface area contributed by atoms with E-state index in [4.69, 9.17) is 15.3 Å². The van der Waals surface area contributed by atoms with E-state index in [0.717, 1.165) is 0 Å². The molecule has 60 valence electrons. The van der Waals surface area contributed by atoms with E-state index in [-0.39, 0.29) is 6.61 Å². The molecular weight excluding hydrogens is 134 g/mol. The first-order valence-corrected chi connectivity index (χ1v) is 3.48. The molecule has 1 rings (SSSR count). The van der Waals surface area contributed by atoms with Crippen molar-refractivity contribution in [1.82, 2.24) is 4.90 Å². The zero-order valence-electron chi connectivity index (χ0n) is 5.77. The van der Waals surface area contributed by atoms with Gasteiger partial charge in [-0.1, -0.05) is 0 Å². The standard InChI is InChI=1S/C6H13NO3/c8-4-3-7-5(9)1-2-6(7)10/h5-6,8-10H,1-4H2. The lowest BCUT2D eigenvalue weighted by atomic mass is 10.3. The molecule has 1 aliphatic rings. The largest absolute Gasteiger partial charge is 0.395 e. The highest BCUT2D eigenvalue weighted by Gasteiger charge is 2.29. The zero-order chi connectivity index (χ0) is 7.56. The lowest BCUT2D eigenvalue weighted by Crippen LogP contribution is -2.37. The van der Waals surface area contributed by atoms with E-state index in [1.165, 1.54) is 4.90 Å². The Balaban J connectivity index is 2.38. The Morgan fingerprint density at radius 1 is 1.20 bits per heavy atom. The van der Waals surface area contributed by atoms with Gasteiger partial charge >= 0.3 is 0 Å². The fourth-order valence-corrected chi connectivity index (χ4v) is 1.24. The van der Waals surface area contributed by atoms with Crippen LogP contribution in [0, 0.1) is 0 Å². The summed E-state index contributed by atoms with van der Waals surface area (Å²) in [4.78, 5) is 1.49. The van der Waals surface area contributed by atoms with Crippen molar-refractivity contribution in [2.24, 2.45) is 0 Å². The van der Waals surface area contributed by atoms with E-state index in [1.807, 2.05) is 0 Å². The molecule has 1 heterocycles. The van der Waals surface area contributed by atoms with Gasteiger partial charge in [0.2, 0.25) is 0 Å². The topological polar surface area (TPSA) is 63.9 Å². The number of hydrogen-bond acceptors (Lipinski definition) is 4. The molecular formula is C6H13NO3. The first kappa shape index (κ1) is 7.94. The molecule has 0 aromatic rings. The van der Waals surface area contributed by atoms with Crippen LogP contribution in [0.3, 0.4) is 0 Å². The Morgan fingerprint density at radius 2 is 1.70 bits per heavy atom. The van der Waals surface area contributed by atoms with Crippen LogP contribution in [0.1, 0.15) is 12.8 Å². The summed E-state index contributed by atoms with van der Waals surface area (Å²) in [6.07, 6.45) is 0.0619. The summed E-state index contributed by atoms with van der Waals surface area (Å²) in [6, 6.07) is 0. The average Bonchev–Trinajstić information content (AvgIpc) is 2.20. The molecule has 0 radical (unpaired) electrons. The van der Waals surface area contributed by atoms with Gasteiger partial charge in [0.05, 0.1) is 6.61 Å². The fraction of sp³-hybridized carbons (Fsp3) is 1.00.